The summed E-state index contributed by atoms with van der Waals surface area (Å²) in [6.45, 7) is 4.53. The standard InChI is InChI=1S/C26H30N2O5S/c1-3-33-26(32)22-21-16(2)10-9-13-19(21)34-23(22)27-20(29)14-5-4-8-15-28-24(30)17-11-6-7-12-18(17)25(28)31/h6-7,11-12,16H,3-5,8-10,13-15H2,1-2H3,(H,27,29). The Morgan fingerprint density at radius 1 is 1.12 bits per heavy atom. The maximum Gasteiger partial charge on any atom is 0.341 e. The molecule has 1 atom stereocenters. The number of rotatable bonds is 9. The van der Waals surface area contributed by atoms with Gasteiger partial charge >= 0.3 is 5.97 Å². The van der Waals surface area contributed by atoms with Gasteiger partial charge in [-0.15, -0.1) is 11.3 Å². The van der Waals surface area contributed by atoms with E-state index in [0.717, 1.165) is 29.7 Å². The number of thiophene rings is 1. The Morgan fingerprint density at radius 2 is 1.82 bits per heavy atom. The van der Waals surface area contributed by atoms with Crippen LogP contribution in [0.4, 0.5) is 5.00 Å². The lowest BCUT2D eigenvalue weighted by molar-refractivity contribution is -0.116. The Morgan fingerprint density at radius 3 is 2.50 bits per heavy atom. The molecule has 180 valence electrons. The monoisotopic (exact) mass is 482 g/mol. The summed E-state index contributed by atoms with van der Waals surface area (Å²) in [6.07, 6.45) is 5.31. The molecule has 1 aromatic carbocycles. The second kappa shape index (κ2) is 10.5. The van der Waals surface area contributed by atoms with Gasteiger partial charge in [0.05, 0.1) is 23.3 Å². The molecule has 1 aliphatic heterocycles. The summed E-state index contributed by atoms with van der Waals surface area (Å²) in [4.78, 5) is 52.6. The Bertz CT molecular complexity index is 1090. The summed E-state index contributed by atoms with van der Waals surface area (Å²) in [5, 5.41) is 3.54. The zero-order chi connectivity index (χ0) is 24.2. The van der Waals surface area contributed by atoms with Crippen molar-refractivity contribution in [1.82, 2.24) is 4.90 Å². The van der Waals surface area contributed by atoms with Crippen molar-refractivity contribution in [3.05, 3.63) is 51.4 Å². The minimum Gasteiger partial charge on any atom is -0.462 e. The molecule has 4 rings (SSSR count). The third-order valence-corrected chi connectivity index (χ3v) is 7.63. The summed E-state index contributed by atoms with van der Waals surface area (Å²) in [5.74, 6) is -0.740. The van der Waals surface area contributed by atoms with E-state index in [9.17, 15) is 19.2 Å². The fourth-order valence-corrected chi connectivity index (χ4v) is 6.13. The van der Waals surface area contributed by atoms with Gasteiger partial charge in [-0.2, -0.15) is 0 Å². The fraction of sp³-hybridized carbons (Fsp3) is 0.462. The van der Waals surface area contributed by atoms with Crippen LogP contribution < -0.4 is 5.32 Å². The third kappa shape index (κ3) is 4.78. The number of ether oxygens (including phenoxy) is 1. The number of anilines is 1. The number of unbranched alkanes of at least 4 members (excludes halogenated alkanes) is 2. The number of esters is 1. The van der Waals surface area contributed by atoms with E-state index in [1.165, 1.54) is 16.2 Å². The van der Waals surface area contributed by atoms with Gasteiger partial charge in [0.1, 0.15) is 5.00 Å². The van der Waals surface area contributed by atoms with E-state index in [-0.39, 0.29) is 29.6 Å². The minimum atomic E-state index is -0.370. The molecular formula is C26H30N2O5S. The second-order valence-electron chi connectivity index (χ2n) is 8.82. The summed E-state index contributed by atoms with van der Waals surface area (Å²) >= 11 is 1.49. The lowest BCUT2D eigenvalue weighted by Gasteiger charge is -2.19. The molecule has 8 heteroatoms. The van der Waals surface area contributed by atoms with E-state index in [0.29, 0.717) is 60.5 Å². The quantitative estimate of drug-likeness (QED) is 0.303. The lowest BCUT2D eigenvalue weighted by Crippen LogP contribution is -2.30. The number of imide groups is 1. The highest BCUT2D eigenvalue weighted by molar-refractivity contribution is 7.17. The van der Waals surface area contributed by atoms with Crippen LogP contribution in [0, 0.1) is 0 Å². The maximum absolute atomic E-state index is 12.7. The van der Waals surface area contributed by atoms with E-state index >= 15 is 0 Å². The molecule has 0 saturated heterocycles. The van der Waals surface area contributed by atoms with Gasteiger partial charge in [0.25, 0.3) is 11.8 Å². The molecule has 1 aromatic heterocycles. The largest absolute Gasteiger partial charge is 0.462 e. The first kappa shape index (κ1) is 24.1. The summed E-state index contributed by atoms with van der Waals surface area (Å²) in [5.41, 5.74) is 2.47. The van der Waals surface area contributed by atoms with Gasteiger partial charge in [-0.25, -0.2) is 4.79 Å². The van der Waals surface area contributed by atoms with Crippen molar-refractivity contribution in [2.75, 3.05) is 18.5 Å². The molecule has 34 heavy (non-hydrogen) atoms. The zero-order valence-electron chi connectivity index (χ0n) is 19.6. The molecule has 0 bridgehead atoms. The third-order valence-electron chi connectivity index (χ3n) is 6.45. The van der Waals surface area contributed by atoms with Crippen molar-refractivity contribution in [3.63, 3.8) is 0 Å². The van der Waals surface area contributed by atoms with Crippen LogP contribution in [-0.2, 0) is 16.0 Å². The number of hydrogen-bond donors (Lipinski definition) is 1. The maximum atomic E-state index is 12.7. The smallest absolute Gasteiger partial charge is 0.341 e. The van der Waals surface area contributed by atoms with Gasteiger partial charge in [0.15, 0.2) is 0 Å². The Labute approximate surface area is 203 Å². The molecule has 7 nitrogen and oxygen atoms in total. The number of carbonyl (C=O) groups excluding carboxylic acids is 4. The van der Waals surface area contributed by atoms with E-state index in [1.54, 1.807) is 31.2 Å². The van der Waals surface area contributed by atoms with Crippen LogP contribution in [0.15, 0.2) is 24.3 Å². The SMILES string of the molecule is CCOC(=O)c1c(NC(=O)CCCCCN2C(=O)c3ccccc3C2=O)sc2c1C(C)CCC2. The molecule has 0 radical (unpaired) electrons. The van der Waals surface area contributed by atoms with Gasteiger partial charge < -0.3 is 10.1 Å². The lowest BCUT2D eigenvalue weighted by atomic mass is 9.86. The number of fused-ring (bicyclic) bond motifs is 2. The zero-order valence-corrected chi connectivity index (χ0v) is 20.5. The van der Waals surface area contributed by atoms with Crippen LogP contribution >= 0.6 is 11.3 Å². The normalized spacial score (nSPS) is 16.9. The fourth-order valence-electron chi connectivity index (χ4n) is 4.77. The Hall–Kier alpha value is -3.00. The molecule has 1 unspecified atom stereocenters. The van der Waals surface area contributed by atoms with Gasteiger partial charge in [0, 0.05) is 17.8 Å². The predicted molar refractivity (Wildman–Crippen MR) is 131 cm³/mol. The molecule has 0 saturated carbocycles. The first-order valence-corrected chi connectivity index (χ1v) is 12.8. The highest BCUT2D eigenvalue weighted by Crippen LogP contribution is 2.43. The van der Waals surface area contributed by atoms with Gasteiger partial charge in [0.2, 0.25) is 5.91 Å². The highest BCUT2D eigenvalue weighted by atomic mass is 32.1. The van der Waals surface area contributed by atoms with E-state index < -0.39 is 0 Å². The molecule has 2 heterocycles. The van der Waals surface area contributed by atoms with Gasteiger partial charge in [-0.1, -0.05) is 25.5 Å². The first-order chi connectivity index (χ1) is 16.4. The first-order valence-electron chi connectivity index (χ1n) is 12.0. The summed E-state index contributed by atoms with van der Waals surface area (Å²) in [6, 6.07) is 6.86. The number of hydrogen-bond acceptors (Lipinski definition) is 6. The molecule has 1 N–H and O–H groups in total. The van der Waals surface area contributed by atoms with Crippen molar-refractivity contribution >= 4 is 40.0 Å². The van der Waals surface area contributed by atoms with E-state index in [1.807, 2.05) is 0 Å². The van der Waals surface area contributed by atoms with Crippen molar-refractivity contribution in [2.24, 2.45) is 0 Å². The Kier molecular flexibility index (Phi) is 7.46. The molecule has 1 aliphatic carbocycles. The van der Waals surface area contributed by atoms with Crippen molar-refractivity contribution in [2.45, 2.75) is 64.7 Å². The topological polar surface area (TPSA) is 92.8 Å². The van der Waals surface area contributed by atoms with Crippen molar-refractivity contribution in [1.29, 1.82) is 0 Å². The number of nitrogens with zero attached hydrogens (tertiary/aromatic N) is 1. The number of benzene rings is 1. The van der Waals surface area contributed by atoms with Crippen molar-refractivity contribution < 1.29 is 23.9 Å². The van der Waals surface area contributed by atoms with E-state index in [4.69, 9.17) is 4.74 Å². The average molecular weight is 483 g/mol. The molecule has 3 amide bonds. The summed E-state index contributed by atoms with van der Waals surface area (Å²) < 4.78 is 5.28. The predicted octanol–water partition coefficient (Wildman–Crippen LogP) is 5.16. The number of amides is 3. The van der Waals surface area contributed by atoms with Crippen molar-refractivity contribution in [3.8, 4) is 0 Å². The van der Waals surface area contributed by atoms with Crippen LogP contribution in [0.1, 0.15) is 99.8 Å². The minimum absolute atomic E-state index is 0.141. The van der Waals surface area contributed by atoms with Gasteiger partial charge in [-0.05, 0) is 62.6 Å². The van der Waals surface area contributed by atoms with Crippen LogP contribution in [0.2, 0.25) is 0 Å². The van der Waals surface area contributed by atoms with Gasteiger partial charge in [-0.3, -0.25) is 19.3 Å². The Balaban J connectivity index is 1.29. The number of nitrogens with one attached hydrogen (secondary N) is 1. The molecule has 0 fully saturated rings. The molecule has 2 aromatic rings. The second-order valence-corrected chi connectivity index (χ2v) is 9.93. The van der Waals surface area contributed by atoms with Crippen LogP contribution in [0.25, 0.3) is 0 Å². The molecule has 0 spiro atoms. The number of aryl methyl sites for hydroxylation is 1. The summed E-state index contributed by atoms with van der Waals surface area (Å²) in [7, 11) is 0. The van der Waals surface area contributed by atoms with E-state index in [2.05, 4.69) is 12.2 Å². The molecule has 2 aliphatic rings. The van der Waals surface area contributed by atoms with Crippen LogP contribution in [-0.4, -0.2) is 41.7 Å². The van der Waals surface area contributed by atoms with Crippen LogP contribution in [0.5, 0.6) is 0 Å². The average Bonchev–Trinajstić information content (AvgIpc) is 3.30. The van der Waals surface area contributed by atoms with Crippen LogP contribution in [0.3, 0.4) is 0 Å². The number of carbonyl (C=O) groups is 4. The molecular weight excluding hydrogens is 452 g/mol. The highest BCUT2D eigenvalue weighted by Gasteiger charge is 2.34.